The SMILES string of the molecule is [N-]=[N+]=NC1(C(=O)O)CCCC1. The van der Waals surface area contributed by atoms with E-state index in [0.717, 1.165) is 12.8 Å². The normalized spacial score (nSPS) is 20.7. The van der Waals surface area contributed by atoms with Gasteiger partial charge in [-0.05, 0) is 18.4 Å². The van der Waals surface area contributed by atoms with Gasteiger partial charge in [-0.2, -0.15) is 0 Å². The van der Waals surface area contributed by atoms with Gasteiger partial charge in [0.1, 0.15) is 5.54 Å². The van der Waals surface area contributed by atoms with E-state index in [-0.39, 0.29) is 0 Å². The van der Waals surface area contributed by atoms with Crippen molar-refractivity contribution in [3.05, 3.63) is 10.4 Å². The fraction of sp³-hybridized carbons (Fsp3) is 0.833. The minimum absolute atomic E-state index is 0.479. The number of azide groups is 1. The predicted molar refractivity (Wildman–Crippen MR) is 38.0 cm³/mol. The first-order valence-corrected chi connectivity index (χ1v) is 3.51. The summed E-state index contributed by atoms with van der Waals surface area (Å²) in [7, 11) is 0. The van der Waals surface area contributed by atoms with Gasteiger partial charge in [-0.1, -0.05) is 18.0 Å². The highest BCUT2D eigenvalue weighted by molar-refractivity contribution is 5.79. The fourth-order valence-corrected chi connectivity index (χ4v) is 1.40. The molecule has 11 heavy (non-hydrogen) atoms. The number of carboxylic acid groups (broad SMARTS) is 1. The molecule has 0 unspecified atom stereocenters. The van der Waals surface area contributed by atoms with Crippen LogP contribution in [0.25, 0.3) is 10.4 Å². The molecule has 60 valence electrons. The third-order valence-electron chi connectivity index (χ3n) is 2.06. The second-order valence-corrected chi connectivity index (χ2v) is 2.73. The van der Waals surface area contributed by atoms with E-state index in [1.165, 1.54) is 0 Å². The topological polar surface area (TPSA) is 86.1 Å². The van der Waals surface area contributed by atoms with Crippen LogP contribution in [0.2, 0.25) is 0 Å². The number of carboxylic acids is 1. The number of rotatable bonds is 2. The summed E-state index contributed by atoms with van der Waals surface area (Å²) in [6.07, 6.45) is 2.63. The number of carbonyl (C=O) groups is 1. The van der Waals surface area contributed by atoms with Gasteiger partial charge in [-0.15, -0.1) is 0 Å². The highest BCUT2D eigenvalue weighted by Crippen LogP contribution is 2.33. The van der Waals surface area contributed by atoms with Crippen LogP contribution >= 0.6 is 0 Å². The summed E-state index contributed by atoms with van der Waals surface area (Å²) in [6, 6.07) is 0. The summed E-state index contributed by atoms with van der Waals surface area (Å²) in [4.78, 5) is 13.2. The minimum atomic E-state index is -1.13. The van der Waals surface area contributed by atoms with Gasteiger partial charge in [0.25, 0.3) is 0 Å². The van der Waals surface area contributed by atoms with Gasteiger partial charge < -0.3 is 5.11 Å². The van der Waals surface area contributed by atoms with E-state index in [9.17, 15) is 4.79 Å². The maximum Gasteiger partial charge on any atom is 0.315 e. The lowest BCUT2D eigenvalue weighted by Gasteiger charge is -2.15. The van der Waals surface area contributed by atoms with Crippen LogP contribution in [0.15, 0.2) is 5.11 Å². The summed E-state index contributed by atoms with van der Waals surface area (Å²) in [5, 5.41) is 12.1. The van der Waals surface area contributed by atoms with Gasteiger partial charge in [0.05, 0.1) is 0 Å². The van der Waals surface area contributed by atoms with Crippen molar-refractivity contribution in [2.24, 2.45) is 5.11 Å². The Bertz CT molecular complexity index is 210. The molecule has 0 atom stereocenters. The molecule has 0 radical (unpaired) electrons. The van der Waals surface area contributed by atoms with Gasteiger partial charge in [-0.3, -0.25) is 4.79 Å². The average Bonchev–Trinajstić information content (AvgIpc) is 2.38. The van der Waals surface area contributed by atoms with Crippen LogP contribution in [-0.4, -0.2) is 16.6 Å². The molecule has 1 fully saturated rings. The molecule has 5 nitrogen and oxygen atoms in total. The quantitative estimate of drug-likeness (QED) is 0.373. The second-order valence-electron chi connectivity index (χ2n) is 2.73. The predicted octanol–water partition coefficient (Wildman–Crippen LogP) is 1.69. The Labute approximate surface area is 63.6 Å². The second kappa shape index (κ2) is 2.80. The Hall–Kier alpha value is -1.22. The molecule has 0 aromatic rings. The zero-order chi connectivity index (χ0) is 8.32. The molecule has 0 aliphatic heterocycles. The van der Waals surface area contributed by atoms with E-state index in [2.05, 4.69) is 10.0 Å². The van der Waals surface area contributed by atoms with Crippen LogP contribution in [0.4, 0.5) is 0 Å². The van der Waals surface area contributed by atoms with E-state index in [4.69, 9.17) is 10.6 Å². The highest BCUT2D eigenvalue weighted by Gasteiger charge is 2.40. The number of nitrogens with zero attached hydrogens (tertiary/aromatic N) is 3. The van der Waals surface area contributed by atoms with Crippen molar-refractivity contribution in [1.82, 2.24) is 0 Å². The number of aliphatic carboxylic acids is 1. The van der Waals surface area contributed by atoms with Crippen LogP contribution in [0.1, 0.15) is 25.7 Å². The maximum atomic E-state index is 10.6. The third kappa shape index (κ3) is 1.28. The van der Waals surface area contributed by atoms with E-state index >= 15 is 0 Å². The Morgan fingerprint density at radius 2 is 2.09 bits per heavy atom. The van der Waals surface area contributed by atoms with Crippen molar-refractivity contribution in [2.75, 3.05) is 0 Å². The molecule has 0 spiro atoms. The Balaban J connectivity index is 2.87. The van der Waals surface area contributed by atoms with Crippen molar-refractivity contribution >= 4 is 5.97 Å². The van der Waals surface area contributed by atoms with Crippen molar-refractivity contribution in [2.45, 2.75) is 31.2 Å². The van der Waals surface area contributed by atoms with Gasteiger partial charge >= 0.3 is 5.97 Å². The van der Waals surface area contributed by atoms with E-state index in [0.29, 0.717) is 12.8 Å². The highest BCUT2D eigenvalue weighted by atomic mass is 16.4. The number of hydrogen-bond donors (Lipinski definition) is 1. The summed E-state index contributed by atoms with van der Waals surface area (Å²) >= 11 is 0. The van der Waals surface area contributed by atoms with Crippen molar-refractivity contribution in [1.29, 1.82) is 0 Å². The van der Waals surface area contributed by atoms with Crippen molar-refractivity contribution in [3.63, 3.8) is 0 Å². The molecule has 0 saturated heterocycles. The summed E-state index contributed by atoms with van der Waals surface area (Å²) in [5.74, 6) is -0.993. The number of hydrogen-bond acceptors (Lipinski definition) is 2. The molecular weight excluding hydrogens is 146 g/mol. The maximum absolute atomic E-state index is 10.6. The largest absolute Gasteiger partial charge is 0.481 e. The van der Waals surface area contributed by atoms with Crippen LogP contribution in [0.3, 0.4) is 0 Å². The lowest BCUT2D eigenvalue weighted by atomic mass is 10.00. The van der Waals surface area contributed by atoms with Gasteiger partial charge in [-0.25, -0.2) is 0 Å². The molecular formula is C6H9N3O2. The Kier molecular flexibility index (Phi) is 2.01. The molecule has 1 aliphatic rings. The molecule has 0 aromatic heterocycles. The average molecular weight is 155 g/mol. The van der Waals surface area contributed by atoms with E-state index in [1.807, 2.05) is 0 Å². The van der Waals surface area contributed by atoms with Crippen molar-refractivity contribution < 1.29 is 9.90 Å². The van der Waals surface area contributed by atoms with E-state index < -0.39 is 11.5 Å². The van der Waals surface area contributed by atoms with Crippen LogP contribution in [0, 0.1) is 0 Å². The van der Waals surface area contributed by atoms with Gasteiger partial charge in [0, 0.05) is 4.91 Å². The lowest BCUT2D eigenvalue weighted by Crippen LogP contribution is -2.32. The molecule has 1 N–H and O–H groups in total. The zero-order valence-corrected chi connectivity index (χ0v) is 6.03. The Morgan fingerprint density at radius 3 is 2.45 bits per heavy atom. The lowest BCUT2D eigenvalue weighted by molar-refractivity contribution is -0.143. The van der Waals surface area contributed by atoms with Crippen molar-refractivity contribution in [3.8, 4) is 0 Å². The molecule has 0 amide bonds. The monoisotopic (exact) mass is 155 g/mol. The first-order valence-electron chi connectivity index (χ1n) is 3.51. The van der Waals surface area contributed by atoms with Gasteiger partial charge in [0.2, 0.25) is 0 Å². The molecule has 0 heterocycles. The van der Waals surface area contributed by atoms with E-state index in [1.54, 1.807) is 0 Å². The summed E-state index contributed by atoms with van der Waals surface area (Å²) in [5.41, 5.74) is 7.01. The molecule has 0 aromatic carbocycles. The first kappa shape index (κ1) is 7.88. The molecule has 1 aliphatic carbocycles. The summed E-state index contributed by atoms with van der Waals surface area (Å²) < 4.78 is 0. The molecule has 0 bridgehead atoms. The Morgan fingerprint density at radius 1 is 1.55 bits per heavy atom. The minimum Gasteiger partial charge on any atom is -0.481 e. The molecule has 1 rings (SSSR count). The summed E-state index contributed by atoms with van der Waals surface area (Å²) in [6.45, 7) is 0. The third-order valence-corrected chi connectivity index (χ3v) is 2.06. The molecule has 5 heteroatoms. The van der Waals surface area contributed by atoms with Crippen LogP contribution < -0.4 is 0 Å². The fourth-order valence-electron chi connectivity index (χ4n) is 1.40. The zero-order valence-electron chi connectivity index (χ0n) is 6.03. The smallest absolute Gasteiger partial charge is 0.315 e. The first-order chi connectivity index (χ1) is 5.21. The van der Waals surface area contributed by atoms with Crippen LogP contribution in [-0.2, 0) is 4.79 Å². The molecule has 1 saturated carbocycles. The van der Waals surface area contributed by atoms with Crippen LogP contribution in [0.5, 0.6) is 0 Å². The standard InChI is InChI=1S/C6H9N3O2/c7-9-8-6(5(10)11)3-1-2-4-6/h1-4H2,(H,10,11). The van der Waals surface area contributed by atoms with Gasteiger partial charge in [0.15, 0.2) is 0 Å².